The van der Waals surface area contributed by atoms with Crippen molar-refractivity contribution in [2.45, 2.75) is 38.0 Å². The predicted octanol–water partition coefficient (Wildman–Crippen LogP) is 6.49. The van der Waals surface area contributed by atoms with Crippen molar-refractivity contribution in [3.63, 3.8) is 0 Å². The Bertz CT molecular complexity index is 919. The first kappa shape index (κ1) is 17.9. The Hall–Kier alpha value is -2.54. The summed E-state index contributed by atoms with van der Waals surface area (Å²) in [6.07, 6.45) is 11.5. The maximum absolute atomic E-state index is 5.65. The molecule has 138 valence electrons. The van der Waals surface area contributed by atoms with Gasteiger partial charge < -0.3 is 4.74 Å². The minimum absolute atomic E-state index is 0.189. The van der Waals surface area contributed by atoms with E-state index in [2.05, 4.69) is 87.2 Å². The van der Waals surface area contributed by atoms with Gasteiger partial charge in [0, 0.05) is 5.92 Å². The predicted molar refractivity (Wildman–Crippen MR) is 114 cm³/mol. The average molecular weight is 357 g/mol. The minimum atomic E-state index is -0.189. The number of fused-ring (bicyclic) bond motifs is 1. The van der Waals surface area contributed by atoms with E-state index in [1.807, 2.05) is 0 Å². The topological polar surface area (TPSA) is 9.23 Å². The molecular weight excluding hydrogens is 328 g/mol. The molecule has 0 aromatic heterocycles. The first-order valence-corrected chi connectivity index (χ1v) is 9.89. The van der Waals surface area contributed by atoms with Crippen LogP contribution in [0.2, 0.25) is 0 Å². The molecule has 0 fully saturated rings. The largest absolute Gasteiger partial charge is 0.496 e. The molecule has 2 aliphatic carbocycles. The molecule has 27 heavy (non-hydrogen) atoms. The van der Waals surface area contributed by atoms with Gasteiger partial charge in [0.2, 0.25) is 0 Å². The second-order valence-electron chi connectivity index (χ2n) is 7.72. The fourth-order valence-corrected chi connectivity index (χ4v) is 5.44. The zero-order chi connectivity index (χ0) is 19.0. The van der Waals surface area contributed by atoms with Crippen molar-refractivity contribution in [1.29, 1.82) is 0 Å². The van der Waals surface area contributed by atoms with Crippen molar-refractivity contribution in [3.05, 3.63) is 101 Å². The fraction of sp³-hybridized carbons (Fsp3) is 0.308. The molecule has 3 unspecified atom stereocenters. The Kier molecular flexibility index (Phi) is 4.55. The second kappa shape index (κ2) is 6.88. The van der Waals surface area contributed by atoms with E-state index in [0.29, 0.717) is 11.8 Å². The summed E-state index contributed by atoms with van der Waals surface area (Å²) in [4.78, 5) is 0. The summed E-state index contributed by atoms with van der Waals surface area (Å²) in [5, 5.41) is 0. The van der Waals surface area contributed by atoms with Crippen molar-refractivity contribution < 1.29 is 4.74 Å². The van der Waals surface area contributed by atoms with Crippen LogP contribution in [0.15, 0.2) is 78.9 Å². The average Bonchev–Trinajstić information content (AvgIpc) is 2.99. The third-order valence-corrected chi connectivity index (χ3v) is 6.54. The maximum Gasteiger partial charge on any atom is 0.122 e. The second-order valence-corrected chi connectivity index (χ2v) is 7.72. The van der Waals surface area contributed by atoms with Crippen LogP contribution in [0.3, 0.4) is 0 Å². The summed E-state index contributed by atoms with van der Waals surface area (Å²) in [6.45, 7) is 8.82. The quantitative estimate of drug-likeness (QED) is 0.569. The summed E-state index contributed by atoms with van der Waals surface area (Å²) < 4.78 is 5.65. The van der Waals surface area contributed by atoms with Crippen LogP contribution in [0.1, 0.15) is 47.9 Å². The Labute approximate surface area is 163 Å². The maximum atomic E-state index is 5.65. The molecule has 0 saturated heterocycles. The van der Waals surface area contributed by atoms with E-state index in [-0.39, 0.29) is 5.41 Å². The van der Waals surface area contributed by atoms with E-state index in [1.54, 1.807) is 7.11 Å². The number of allylic oxidation sites excluding steroid dienone is 5. The molecule has 4 rings (SSSR count). The standard InChI is InChI=1S/C26H28O/c1-5-22-18(2)25-19(3)24(27-4)17-16-23(25)26(22,20-12-8-6-9-13-20)21-14-10-7-11-15-21/h5-6,8-10,12-18,22H,1,7,11H2,2-4H3. The van der Waals surface area contributed by atoms with Crippen molar-refractivity contribution in [2.24, 2.45) is 5.92 Å². The molecule has 0 radical (unpaired) electrons. The number of benzene rings is 2. The lowest BCUT2D eigenvalue weighted by Gasteiger charge is -2.39. The molecule has 0 aliphatic heterocycles. The van der Waals surface area contributed by atoms with Gasteiger partial charge in [-0.2, -0.15) is 0 Å². The molecule has 0 spiro atoms. The van der Waals surface area contributed by atoms with Gasteiger partial charge in [-0.05, 0) is 59.6 Å². The highest BCUT2D eigenvalue weighted by atomic mass is 16.5. The van der Waals surface area contributed by atoms with E-state index < -0.39 is 0 Å². The van der Waals surface area contributed by atoms with E-state index in [4.69, 9.17) is 4.74 Å². The lowest BCUT2D eigenvalue weighted by Crippen LogP contribution is -2.35. The van der Waals surface area contributed by atoms with Gasteiger partial charge in [0.25, 0.3) is 0 Å². The first-order valence-electron chi connectivity index (χ1n) is 9.89. The van der Waals surface area contributed by atoms with Gasteiger partial charge in [0.05, 0.1) is 12.5 Å². The van der Waals surface area contributed by atoms with Gasteiger partial charge in [0.1, 0.15) is 5.75 Å². The van der Waals surface area contributed by atoms with Gasteiger partial charge in [-0.3, -0.25) is 0 Å². The summed E-state index contributed by atoms with van der Waals surface area (Å²) in [5.74, 6) is 1.65. The third-order valence-electron chi connectivity index (χ3n) is 6.54. The number of rotatable bonds is 4. The van der Waals surface area contributed by atoms with Crippen LogP contribution in [0.4, 0.5) is 0 Å². The SMILES string of the molecule is C=CC1C(C)c2c(ccc(OC)c2C)C1(C1=CCCC=C1)c1ccccc1. The molecule has 2 aliphatic rings. The molecule has 0 amide bonds. The van der Waals surface area contributed by atoms with E-state index >= 15 is 0 Å². The van der Waals surface area contributed by atoms with Crippen LogP contribution >= 0.6 is 0 Å². The molecule has 0 saturated carbocycles. The van der Waals surface area contributed by atoms with Gasteiger partial charge in [-0.15, -0.1) is 6.58 Å². The smallest absolute Gasteiger partial charge is 0.122 e. The number of hydrogen-bond acceptors (Lipinski definition) is 1. The van der Waals surface area contributed by atoms with Crippen LogP contribution in [0.5, 0.6) is 5.75 Å². The molecule has 2 aromatic carbocycles. The Balaban J connectivity index is 2.10. The number of ether oxygens (including phenoxy) is 1. The lowest BCUT2D eigenvalue weighted by atomic mass is 9.62. The van der Waals surface area contributed by atoms with Crippen LogP contribution in [0, 0.1) is 12.8 Å². The number of methoxy groups -OCH3 is 1. The highest BCUT2D eigenvalue weighted by Gasteiger charge is 2.52. The summed E-state index contributed by atoms with van der Waals surface area (Å²) >= 11 is 0. The van der Waals surface area contributed by atoms with Gasteiger partial charge >= 0.3 is 0 Å². The summed E-state index contributed by atoms with van der Waals surface area (Å²) in [5.41, 5.74) is 6.65. The zero-order valence-electron chi connectivity index (χ0n) is 16.5. The Morgan fingerprint density at radius 1 is 1.11 bits per heavy atom. The van der Waals surface area contributed by atoms with E-state index in [1.165, 1.54) is 27.8 Å². The van der Waals surface area contributed by atoms with Gasteiger partial charge in [-0.1, -0.05) is 67.6 Å². The molecule has 3 atom stereocenters. The molecule has 0 N–H and O–H groups in total. The summed E-state index contributed by atoms with van der Waals surface area (Å²) in [6, 6.07) is 15.4. The third kappa shape index (κ3) is 2.45. The van der Waals surface area contributed by atoms with Crippen molar-refractivity contribution in [1.82, 2.24) is 0 Å². The highest BCUT2D eigenvalue weighted by molar-refractivity contribution is 5.65. The molecular formula is C26H28O. The van der Waals surface area contributed by atoms with Crippen molar-refractivity contribution in [2.75, 3.05) is 7.11 Å². The molecule has 1 nitrogen and oxygen atoms in total. The van der Waals surface area contributed by atoms with E-state index in [9.17, 15) is 0 Å². The van der Waals surface area contributed by atoms with Crippen molar-refractivity contribution in [3.8, 4) is 5.75 Å². The minimum Gasteiger partial charge on any atom is -0.496 e. The van der Waals surface area contributed by atoms with Gasteiger partial charge in [0.15, 0.2) is 0 Å². The van der Waals surface area contributed by atoms with Crippen LogP contribution in [-0.4, -0.2) is 7.11 Å². The van der Waals surface area contributed by atoms with Crippen molar-refractivity contribution >= 4 is 0 Å². The van der Waals surface area contributed by atoms with Gasteiger partial charge in [-0.25, -0.2) is 0 Å². The zero-order valence-corrected chi connectivity index (χ0v) is 16.5. The normalized spacial score (nSPS) is 26.4. The molecule has 2 aromatic rings. The van der Waals surface area contributed by atoms with Crippen LogP contribution < -0.4 is 4.74 Å². The van der Waals surface area contributed by atoms with Crippen LogP contribution in [0.25, 0.3) is 0 Å². The molecule has 1 heteroatoms. The van der Waals surface area contributed by atoms with Crippen LogP contribution in [-0.2, 0) is 5.41 Å². The Morgan fingerprint density at radius 3 is 2.52 bits per heavy atom. The molecule has 0 bridgehead atoms. The number of hydrogen-bond donors (Lipinski definition) is 0. The molecule has 0 heterocycles. The van der Waals surface area contributed by atoms with E-state index in [0.717, 1.165) is 18.6 Å². The Morgan fingerprint density at radius 2 is 1.89 bits per heavy atom. The lowest BCUT2D eigenvalue weighted by molar-refractivity contribution is 0.410. The first-order chi connectivity index (χ1) is 13.2. The fourth-order valence-electron chi connectivity index (χ4n) is 5.44. The summed E-state index contributed by atoms with van der Waals surface area (Å²) in [7, 11) is 1.76. The highest BCUT2D eigenvalue weighted by Crippen LogP contribution is 2.60. The monoisotopic (exact) mass is 356 g/mol.